The highest BCUT2D eigenvalue weighted by atomic mass is 35.5. The largest absolute Gasteiger partial charge is 1.00 e. The van der Waals surface area contributed by atoms with E-state index in [4.69, 9.17) is 9.47 Å². The van der Waals surface area contributed by atoms with Gasteiger partial charge in [0.25, 0.3) is 0 Å². The van der Waals surface area contributed by atoms with Crippen molar-refractivity contribution in [2.75, 3.05) is 27.8 Å². The first-order valence-electron chi connectivity index (χ1n) is 8.58. The average Bonchev–Trinajstić information content (AvgIpc) is 2.60. The van der Waals surface area contributed by atoms with Gasteiger partial charge in [-0.15, -0.1) is 0 Å². The predicted molar refractivity (Wildman–Crippen MR) is 94.2 cm³/mol. The molecule has 0 amide bonds. The fourth-order valence-corrected chi connectivity index (χ4v) is 4.46. The number of nitrogens with zero attached hydrogens (tertiary/aromatic N) is 1. The van der Waals surface area contributed by atoms with Crippen LogP contribution < -0.4 is 21.9 Å². The number of phenols is 2. The Morgan fingerprint density at radius 2 is 1.77 bits per heavy atom. The monoisotopic (exact) mass is 377 g/mol. The number of halogens is 1. The van der Waals surface area contributed by atoms with Crippen LogP contribution in [0.25, 0.3) is 0 Å². The van der Waals surface area contributed by atoms with Crippen LogP contribution in [0.1, 0.15) is 28.3 Å². The number of fused-ring (bicyclic) bond motifs is 4. The molecule has 2 atom stereocenters. The van der Waals surface area contributed by atoms with Crippen LogP contribution in [0.15, 0.2) is 24.3 Å². The topological polar surface area (TPSA) is 58.9 Å². The lowest BCUT2D eigenvalue weighted by Gasteiger charge is -2.49. The lowest BCUT2D eigenvalue weighted by Crippen LogP contribution is -3.00. The van der Waals surface area contributed by atoms with Crippen LogP contribution in [0.3, 0.4) is 0 Å². The summed E-state index contributed by atoms with van der Waals surface area (Å²) < 4.78 is 11.4. The number of hydrogen-bond donors (Lipinski definition) is 2. The Balaban J connectivity index is 0.00000196. The van der Waals surface area contributed by atoms with Crippen LogP contribution >= 0.6 is 0 Å². The molecule has 0 aromatic heterocycles. The summed E-state index contributed by atoms with van der Waals surface area (Å²) in [4.78, 5) is 0. The standard InChI is InChI=1S/C20H23NO4.ClH/c1-21-7-6-13-9-19(25-3)17(22)10-14(13)16(21)8-12-4-5-18(24-2)20(23)15(12)11-21;/h4-5,9-10,16H,6-8,11H2,1-3H3,(H-,22,23);1H/t16?,21-;/m0./s1. The van der Waals surface area contributed by atoms with Crippen LogP contribution in [-0.2, 0) is 19.4 Å². The van der Waals surface area contributed by atoms with Crippen molar-refractivity contribution in [1.29, 1.82) is 0 Å². The number of likely N-dealkylation sites (N-methyl/N-ethyl adjacent to an activating group) is 1. The Morgan fingerprint density at radius 1 is 1.04 bits per heavy atom. The van der Waals surface area contributed by atoms with Gasteiger partial charge in [-0.2, -0.15) is 0 Å². The first kappa shape index (κ1) is 18.7. The molecule has 4 rings (SSSR count). The summed E-state index contributed by atoms with van der Waals surface area (Å²) in [7, 11) is 5.39. The smallest absolute Gasteiger partial charge is 0.166 e. The lowest BCUT2D eigenvalue weighted by atomic mass is 9.81. The number of ether oxygens (including phenoxy) is 2. The van der Waals surface area contributed by atoms with Gasteiger partial charge in [-0.3, -0.25) is 0 Å². The van der Waals surface area contributed by atoms with Gasteiger partial charge in [0.2, 0.25) is 0 Å². The van der Waals surface area contributed by atoms with Crippen molar-refractivity contribution >= 4 is 0 Å². The van der Waals surface area contributed by atoms with Crippen LogP contribution in [0, 0.1) is 0 Å². The van der Waals surface area contributed by atoms with Crippen molar-refractivity contribution in [3.05, 3.63) is 46.5 Å². The second-order valence-electron chi connectivity index (χ2n) is 7.31. The van der Waals surface area contributed by atoms with Gasteiger partial charge in [0.1, 0.15) is 12.6 Å². The lowest BCUT2D eigenvalue weighted by molar-refractivity contribution is -0.956. The molecular formula is C20H24ClNO4. The molecule has 2 aliphatic rings. The van der Waals surface area contributed by atoms with Crippen molar-refractivity contribution in [1.82, 2.24) is 0 Å². The molecule has 2 aromatic rings. The van der Waals surface area contributed by atoms with Gasteiger partial charge in [-0.25, -0.2) is 0 Å². The number of benzene rings is 2. The van der Waals surface area contributed by atoms with E-state index in [1.165, 1.54) is 11.1 Å². The van der Waals surface area contributed by atoms with E-state index < -0.39 is 0 Å². The summed E-state index contributed by atoms with van der Waals surface area (Å²) in [6, 6.07) is 7.98. The molecule has 2 aliphatic heterocycles. The van der Waals surface area contributed by atoms with Crippen LogP contribution in [0.2, 0.25) is 0 Å². The highest BCUT2D eigenvalue weighted by Gasteiger charge is 2.44. The van der Waals surface area contributed by atoms with Crippen LogP contribution in [0.5, 0.6) is 23.0 Å². The summed E-state index contributed by atoms with van der Waals surface area (Å²) in [6.45, 7) is 1.75. The molecule has 5 nitrogen and oxygen atoms in total. The van der Waals surface area contributed by atoms with Gasteiger partial charge in [-0.1, -0.05) is 6.07 Å². The number of aromatic hydroxyl groups is 2. The van der Waals surface area contributed by atoms with Gasteiger partial charge in [0.05, 0.1) is 33.4 Å². The Hall–Kier alpha value is -2.11. The maximum atomic E-state index is 10.6. The third kappa shape index (κ3) is 2.66. The van der Waals surface area contributed by atoms with E-state index in [9.17, 15) is 10.2 Å². The van der Waals surface area contributed by atoms with E-state index in [-0.39, 0.29) is 29.9 Å². The third-order valence-electron chi connectivity index (χ3n) is 5.94. The van der Waals surface area contributed by atoms with Crippen molar-refractivity contribution in [3.8, 4) is 23.0 Å². The summed E-state index contributed by atoms with van der Waals surface area (Å²) in [5.41, 5.74) is 4.57. The first-order chi connectivity index (χ1) is 12.0. The molecular weight excluding hydrogens is 354 g/mol. The predicted octanol–water partition coefficient (Wildman–Crippen LogP) is -0.0809. The van der Waals surface area contributed by atoms with Crippen molar-refractivity contribution < 1.29 is 36.6 Å². The second kappa shape index (κ2) is 6.56. The Morgan fingerprint density at radius 3 is 2.46 bits per heavy atom. The maximum Gasteiger partial charge on any atom is 0.166 e. The molecule has 0 fully saturated rings. The summed E-state index contributed by atoms with van der Waals surface area (Å²) in [6.07, 6.45) is 1.77. The molecule has 6 heteroatoms. The Labute approximate surface area is 159 Å². The summed E-state index contributed by atoms with van der Waals surface area (Å²) in [5.74, 6) is 1.52. The Bertz CT molecular complexity index is 854. The fraction of sp³-hybridized carbons (Fsp3) is 0.400. The first-order valence-corrected chi connectivity index (χ1v) is 8.58. The van der Waals surface area contributed by atoms with E-state index in [0.717, 1.165) is 41.5 Å². The van der Waals surface area contributed by atoms with E-state index >= 15 is 0 Å². The second-order valence-corrected chi connectivity index (χ2v) is 7.31. The van der Waals surface area contributed by atoms with Crippen molar-refractivity contribution in [2.24, 2.45) is 0 Å². The normalized spacial score (nSPS) is 23.1. The summed E-state index contributed by atoms with van der Waals surface area (Å²) in [5, 5.41) is 20.8. The number of phenolic OH excluding ortho intramolecular Hbond substituents is 2. The number of hydrogen-bond acceptors (Lipinski definition) is 4. The molecule has 26 heavy (non-hydrogen) atoms. The zero-order valence-corrected chi connectivity index (χ0v) is 16.0. The molecule has 0 saturated carbocycles. The zero-order valence-electron chi connectivity index (χ0n) is 15.3. The molecule has 0 spiro atoms. The average molecular weight is 378 g/mol. The highest BCUT2D eigenvalue weighted by molar-refractivity contribution is 5.52. The molecule has 0 radical (unpaired) electrons. The Kier molecular flexibility index (Phi) is 4.71. The fourth-order valence-electron chi connectivity index (χ4n) is 4.46. The van der Waals surface area contributed by atoms with Crippen LogP contribution in [0.4, 0.5) is 0 Å². The molecule has 1 unspecified atom stereocenters. The number of methoxy groups -OCH3 is 2. The molecule has 0 bridgehead atoms. The minimum Gasteiger partial charge on any atom is -1.00 e. The van der Waals surface area contributed by atoms with E-state index in [0.29, 0.717) is 11.5 Å². The van der Waals surface area contributed by atoms with Gasteiger partial charge in [-0.05, 0) is 29.3 Å². The highest BCUT2D eigenvalue weighted by Crippen LogP contribution is 2.48. The minimum atomic E-state index is 0. The van der Waals surface area contributed by atoms with E-state index in [1.54, 1.807) is 14.2 Å². The number of rotatable bonds is 2. The third-order valence-corrected chi connectivity index (χ3v) is 5.94. The molecule has 0 aliphatic carbocycles. The van der Waals surface area contributed by atoms with Crippen molar-refractivity contribution in [2.45, 2.75) is 25.4 Å². The van der Waals surface area contributed by atoms with Gasteiger partial charge in [0.15, 0.2) is 23.0 Å². The molecule has 2 aromatic carbocycles. The van der Waals surface area contributed by atoms with Gasteiger partial charge in [0, 0.05) is 18.4 Å². The zero-order chi connectivity index (χ0) is 17.8. The minimum absolute atomic E-state index is 0. The summed E-state index contributed by atoms with van der Waals surface area (Å²) >= 11 is 0. The van der Waals surface area contributed by atoms with Crippen molar-refractivity contribution in [3.63, 3.8) is 0 Å². The van der Waals surface area contributed by atoms with Crippen LogP contribution in [-0.4, -0.2) is 42.5 Å². The molecule has 0 saturated heterocycles. The maximum absolute atomic E-state index is 10.6. The quantitative estimate of drug-likeness (QED) is 0.719. The molecule has 2 heterocycles. The van der Waals surface area contributed by atoms with E-state index in [1.807, 2.05) is 18.2 Å². The number of quaternary nitrogens is 1. The van der Waals surface area contributed by atoms with Gasteiger partial charge >= 0.3 is 0 Å². The molecule has 2 N–H and O–H groups in total. The van der Waals surface area contributed by atoms with E-state index in [2.05, 4.69) is 13.1 Å². The SMILES string of the molecule is COc1cc2c(cc1O)C1Cc3ccc(OC)c(O)c3C[N@+]1(C)CC2.[Cl-]. The molecule has 140 valence electrons. The van der Waals surface area contributed by atoms with Gasteiger partial charge < -0.3 is 36.6 Å².